The Kier molecular flexibility index (Phi) is 3.73. The zero-order valence-corrected chi connectivity index (χ0v) is 12.1. The summed E-state index contributed by atoms with van der Waals surface area (Å²) in [4.78, 5) is -0.494. The number of nitrogens with one attached hydrogen (secondary N) is 1. The van der Waals surface area contributed by atoms with E-state index in [1.807, 2.05) is 0 Å². The maximum atomic E-state index is 13.8. The number of rotatable bonds is 2. The lowest BCUT2D eigenvalue weighted by Crippen LogP contribution is -2.54. The lowest BCUT2D eigenvalue weighted by molar-refractivity contribution is -0.0753. The molecule has 2 aliphatic rings. The third-order valence-corrected chi connectivity index (χ3v) is 5.81. The van der Waals surface area contributed by atoms with Gasteiger partial charge < -0.3 is 10.1 Å². The van der Waals surface area contributed by atoms with E-state index in [1.165, 1.54) is 4.31 Å². The van der Waals surface area contributed by atoms with Crippen molar-refractivity contribution >= 4 is 10.0 Å². The van der Waals surface area contributed by atoms with Gasteiger partial charge in [0.1, 0.15) is 16.5 Å². The van der Waals surface area contributed by atoms with Crippen LogP contribution in [-0.4, -0.2) is 51.1 Å². The number of halogens is 2. The second-order valence-electron chi connectivity index (χ2n) is 5.37. The number of hydrogen-bond donors (Lipinski definition) is 1. The highest BCUT2D eigenvalue weighted by molar-refractivity contribution is 7.89. The zero-order chi connectivity index (χ0) is 15.1. The Morgan fingerprint density at radius 2 is 2.14 bits per heavy atom. The highest BCUT2D eigenvalue weighted by Gasteiger charge is 2.43. The van der Waals surface area contributed by atoms with Gasteiger partial charge in [0.05, 0.1) is 12.2 Å². The first-order chi connectivity index (χ1) is 9.93. The lowest BCUT2D eigenvalue weighted by atomic mass is 10.0. The quantitative estimate of drug-likeness (QED) is 0.873. The van der Waals surface area contributed by atoms with Gasteiger partial charge in [0.25, 0.3) is 0 Å². The fraction of sp³-hybridized carbons (Fsp3) is 0.538. The second-order valence-corrected chi connectivity index (χ2v) is 7.28. The fourth-order valence-corrected chi connectivity index (χ4v) is 4.36. The third-order valence-electron chi connectivity index (χ3n) is 3.93. The summed E-state index contributed by atoms with van der Waals surface area (Å²) in [6, 6.07) is 2.50. The molecule has 0 aliphatic carbocycles. The topological polar surface area (TPSA) is 58.6 Å². The summed E-state index contributed by atoms with van der Waals surface area (Å²) in [5, 5.41) is 3.14. The molecular weight excluding hydrogens is 302 g/mol. The van der Waals surface area contributed by atoms with Gasteiger partial charge >= 0.3 is 0 Å². The molecule has 1 spiro atoms. The Hall–Kier alpha value is -1.09. The van der Waals surface area contributed by atoms with Gasteiger partial charge in [-0.25, -0.2) is 17.2 Å². The van der Waals surface area contributed by atoms with Gasteiger partial charge in [-0.05, 0) is 25.1 Å². The van der Waals surface area contributed by atoms with Crippen molar-refractivity contribution in [2.75, 3.05) is 32.8 Å². The molecule has 0 saturated carbocycles. The minimum absolute atomic E-state index is 0.168. The molecule has 1 unspecified atom stereocenters. The van der Waals surface area contributed by atoms with Gasteiger partial charge in [0.15, 0.2) is 0 Å². The summed E-state index contributed by atoms with van der Waals surface area (Å²) in [6.45, 7) is 1.95. The summed E-state index contributed by atoms with van der Waals surface area (Å²) in [5.74, 6) is -1.87. The maximum Gasteiger partial charge on any atom is 0.246 e. The molecule has 2 heterocycles. The van der Waals surface area contributed by atoms with Crippen LogP contribution in [0.25, 0.3) is 0 Å². The first-order valence-electron chi connectivity index (χ1n) is 6.73. The number of nitrogens with zero attached hydrogens (tertiary/aromatic N) is 1. The molecular formula is C13H16F2N2O3S. The van der Waals surface area contributed by atoms with Gasteiger partial charge in [-0.1, -0.05) is 0 Å². The van der Waals surface area contributed by atoms with Gasteiger partial charge in [-0.3, -0.25) is 0 Å². The molecule has 5 nitrogen and oxygen atoms in total. The lowest BCUT2D eigenvalue weighted by Gasteiger charge is -2.39. The largest absolute Gasteiger partial charge is 0.371 e. The number of sulfonamides is 1. The number of morpholine rings is 1. The fourth-order valence-electron chi connectivity index (χ4n) is 2.82. The summed E-state index contributed by atoms with van der Waals surface area (Å²) in [6.07, 6.45) is 0.713. The van der Waals surface area contributed by atoms with Crippen LogP contribution >= 0.6 is 0 Å². The van der Waals surface area contributed by atoms with Gasteiger partial charge in [0, 0.05) is 25.7 Å². The molecule has 21 heavy (non-hydrogen) atoms. The molecule has 2 saturated heterocycles. The molecule has 0 radical (unpaired) electrons. The average molecular weight is 318 g/mol. The van der Waals surface area contributed by atoms with Crippen LogP contribution in [0.15, 0.2) is 23.1 Å². The predicted molar refractivity (Wildman–Crippen MR) is 71.3 cm³/mol. The van der Waals surface area contributed by atoms with Gasteiger partial charge in [-0.15, -0.1) is 0 Å². The number of ether oxygens (including phenoxy) is 1. The molecule has 0 amide bonds. The predicted octanol–water partition coefficient (Wildman–Crippen LogP) is 0.718. The summed E-state index contributed by atoms with van der Waals surface area (Å²) in [5.41, 5.74) is -0.540. The van der Waals surface area contributed by atoms with Crippen molar-refractivity contribution in [1.29, 1.82) is 0 Å². The van der Waals surface area contributed by atoms with E-state index in [0.29, 0.717) is 19.0 Å². The Balaban J connectivity index is 1.90. The molecule has 0 bridgehead atoms. The van der Waals surface area contributed by atoms with E-state index in [1.54, 1.807) is 0 Å². The zero-order valence-electron chi connectivity index (χ0n) is 11.3. The first-order valence-corrected chi connectivity index (χ1v) is 8.17. The molecule has 1 N–H and O–H groups in total. The minimum Gasteiger partial charge on any atom is -0.371 e. The van der Waals surface area contributed by atoms with Crippen molar-refractivity contribution in [3.05, 3.63) is 29.8 Å². The SMILES string of the molecule is O=S(=O)(c1ccc(F)cc1F)N1CCOC2(CCNC2)C1. The normalized spacial score (nSPS) is 27.3. The Morgan fingerprint density at radius 3 is 2.81 bits per heavy atom. The van der Waals surface area contributed by atoms with Gasteiger partial charge in [-0.2, -0.15) is 4.31 Å². The van der Waals surface area contributed by atoms with Crippen LogP contribution in [-0.2, 0) is 14.8 Å². The molecule has 1 aromatic rings. The van der Waals surface area contributed by atoms with Crippen LogP contribution < -0.4 is 5.32 Å². The smallest absolute Gasteiger partial charge is 0.246 e. The maximum absolute atomic E-state index is 13.8. The molecule has 8 heteroatoms. The van der Waals surface area contributed by atoms with Crippen LogP contribution in [0.5, 0.6) is 0 Å². The Morgan fingerprint density at radius 1 is 1.33 bits per heavy atom. The van der Waals surface area contributed by atoms with Crippen LogP contribution in [0.3, 0.4) is 0 Å². The average Bonchev–Trinajstić information content (AvgIpc) is 2.86. The third kappa shape index (κ3) is 2.68. The van der Waals surface area contributed by atoms with Crippen molar-refractivity contribution in [3.63, 3.8) is 0 Å². The summed E-state index contributed by atoms with van der Waals surface area (Å²) < 4.78 is 58.8. The van der Waals surface area contributed by atoms with Gasteiger partial charge in [0.2, 0.25) is 10.0 Å². The van der Waals surface area contributed by atoms with Crippen molar-refractivity contribution in [1.82, 2.24) is 9.62 Å². The second kappa shape index (κ2) is 5.28. The molecule has 3 rings (SSSR count). The summed E-state index contributed by atoms with van der Waals surface area (Å²) >= 11 is 0. The number of benzene rings is 1. The minimum atomic E-state index is -3.99. The Bertz CT molecular complexity index is 645. The molecule has 1 atom stereocenters. The monoisotopic (exact) mass is 318 g/mol. The van der Waals surface area contributed by atoms with Crippen molar-refractivity contribution in [2.24, 2.45) is 0 Å². The molecule has 2 aliphatic heterocycles. The summed E-state index contributed by atoms with van der Waals surface area (Å²) in [7, 11) is -3.99. The van der Waals surface area contributed by atoms with Crippen LogP contribution in [0.4, 0.5) is 8.78 Å². The van der Waals surface area contributed by atoms with E-state index in [-0.39, 0.29) is 19.7 Å². The van der Waals surface area contributed by atoms with E-state index in [9.17, 15) is 17.2 Å². The first kappa shape index (κ1) is 14.8. The van der Waals surface area contributed by atoms with E-state index < -0.39 is 32.2 Å². The van der Waals surface area contributed by atoms with Crippen LogP contribution in [0.2, 0.25) is 0 Å². The molecule has 0 aromatic heterocycles. The Labute approximate surface area is 121 Å². The number of hydrogen-bond acceptors (Lipinski definition) is 4. The van der Waals surface area contributed by atoms with E-state index >= 15 is 0 Å². The standard InChI is InChI=1S/C13H16F2N2O3S/c14-10-1-2-12(11(15)7-10)21(18,19)17-5-6-20-13(9-17)3-4-16-8-13/h1-2,7,16H,3-6,8-9H2. The van der Waals surface area contributed by atoms with E-state index in [2.05, 4.69) is 5.32 Å². The highest BCUT2D eigenvalue weighted by Crippen LogP contribution is 2.29. The van der Waals surface area contributed by atoms with E-state index in [0.717, 1.165) is 18.7 Å². The molecule has 1 aromatic carbocycles. The van der Waals surface area contributed by atoms with Crippen molar-refractivity contribution in [3.8, 4) is 0 Å². The highest BCUT2D eigenvalue weighted by atomic mass is 32.2. The van der Waals surface area contributed by atoms with Crippen LogP contribution in [0, 0.1) is 11.6 Å². The van der Waals surface area contributed by atoms with E-state index in [4.69, 9.17) is 4.74 Å². The van der Waals surface area contributed by atoms with Crippen LogP contribution in [0.1, 0.15) is 6.42 Å². The van der Waals surface area contributed by atoms with Crippen molar-refractivity contribution < 1.29 is 21.9 Å². The van der Waals surface area contributed by atoms with Crippen molar-refractivity contribution in [2.45, 2.75) is 16.9 Å². The molecule has 116 valence electrons. The molecule has 2 fully saturated rings.